The third-order valence-corrected chi connectivity index (χ3v) is 2.53. The van der Waals surface area contributed by atoms with Crippen molar-refractivity contribution in [1.82, 2.24) is 5.32 Å². The van der Waals surface area contributed by atoms with Crippen molar-refractivity contribution in [3.05, 3.63) is 28.7 Å². The number of hydrogen-bond donors (Lipinski definition) is 3. The summed E-state index contributed by atoms with van der Waals surface area (Å²) < 4.78 is 0. The molecule has 0 heterocycles. The molecule has 0 spiro atoms. The van der Waals surface area contributed by atoms with Crippen LogP contribution in [0.25, 0.3) is 0 Å². The SMILES string of the molecule is NCCCC(C=O)NC(=O)c1cc(N=O)ccc1O. The predicted octanol–water partition coefficient (Wildman–Crippen LogP) is 0.826. The molecule has 0 aliphatic carbocycles. The fourth-order valence-corrected chi connectivity index (χ4v) is 1.52. The van der Waals surface area contributed by atoms with Crippen LogP contribution in [0.1, 0.15) is 23.2 Å². The summed E-state index contributed by atoms with van der Waals surface area (Å²) in [5.41, 5.74) is 5.24. The number of aldehydes is 1. The van der Waals surface area contributed by atoms with Crippen LogP contribution in [0.3, 0.4) is 0 Å². The lowest BCUT2D eigenvalue weighted by molar-refractivity contribution is -0.109. The highest BCUT2D eigenvalue weighted by Crippen LogP contribution is 2.23. The lowest BCUT2D eigenvalue weighted by Gasteiger charge is -2.12. The molecule has 0 aliphatic rings. The first-order valence-electron chi connectivity index (χ1n) is 5.75. The van der Waals surface area contributed by atoms with Crippen molar-refractivity contribution >= 4 is 17.9 Å². The Morgan fingerprint density at radius 2 is 2.26 bits per heavy atom. The molecule has 1 aromatic carbocycles. The number of carbonyl (C=O) groups is 2. The van der Waals surface area contributed by atoms with Gasteiger partial charge in [-0.15, -0.1) is 4.91 Å². The summed E-state index contributed by atoms with van der Waals surface area (Å²) in [5, 5.41) is 14.7. The fourth-order valence-electron chi connectivity index (χ4n) is 1.52. The number of nitrogens with one attached hydrogen (secondary N) is 1. The number of carbonyl (C=O) groups excluding carboxylic acids is 2. The highest BCUT2D eigenvalue weighted by molar-refractivity contribution is 5.98. The van der Waals surface area contributed by atoms with Gasteiger partial charge in [0.15, 0.2) is 0 Å². The number of phenols is 1. The molecule has 1 unspecified atom stereocenters. The largest absolute Gasteiger partial charge is 0.507 e. The Balaban J connectivity index is 2.81. The van der Waals surface area contributed by atoms with Gasteiger partial charge in [0, 0.05) is 0 Å². The van der Waals surface area contributed by atoms with Crippen molar-refractivity contribution in [2.24, 2.45) is 10.9 Å². The first kappa shape index (κ1) is 14.8. The van der Waals surface area contributed by atoms with E-state index >= 15 is 0 Å². The minimum Gasteiger partial charge on any atom is -0.507 e. The van der Waals surface area contributed by atoms with E-state index in [4.69, 9.17) is 5.73 Å². The number of phenolic OH excluding ortho intramolecular Hbond substituents is 1. The maximum absolute atomic E-state index is 11.9. The summed E-state index contributed by atoms with van der Waals surface area (Å²) in [5.74, 6) is -0.925. The van der Waals surface area contributed by atoms with Crippen LogP contribution in [0.5, 0.6) is 5.75 Å². The first-order valence-corrected chi connectivity index (χ1v) is 5.75. The van der Waals surface area contributed by atoms with Gasteiger partial charge in [-0.3, -0.25) is 4.79 Å². The number of nitroso groups, excluding NO2 is 1. The van der Waals surface area contributed by atoms with E-state index in [1.165, 1.54) is 12.1 Å². The van der Waals surface area contributed by atoms with E-state index in [2.05, 4.69) is 10.5 Å². The molecule has 1 rings (SSSR count). The van der Waals surface area contributed by atoms with Crippen LogP contribution in [-0.2, 0) is 4.79 Å². The van der Waals surface area contributed by atoms with Crippen LogP contribution < -0.4 is 11.1 Å². The van der Waals surface area contributed by atoms with Crippen molar-refractivity contribution in [3.8, 4) is 5.75 Å². The molecule has 0 fully saturated rings. The summed E-state index contributed by atoms with van der Waals surface area (Å²) in [6.07, 6.45) is 1.61. The summed E-state index contributed by atoms with van der Waals surface area (Å²) in [6.45, 7) is 0.413. The molecule has 19 heavy (non-hydrogen) atoms. The molecule has 0 aromatic heterocycles. The molecule has 7 heteroatoms. The molecule has 102 valence electrons. The van der Waals surface area contributed by atoms with Crippen LogP contribution in [0.4, 0.5) is 5.69 Å². The number of amides is 1. The van der Waals surface area contributed by atoms with Crippen molar-refractivity contribution in [3.63, 3.8) is 0 Å². The molecule has 1 atom stereocenters. The Hall–Kier alpha value is -2.28. The standard InChI is InChI=1S/C12H15N3O4/c13-5-1-2-9(7-16)14-12(18)10-6-8(15-19)3-4-11(10)17/h3-4,6-7,9,17H,1-2,5,13H2,(H,14,18). The van der Waals surface area contributed by atoms with Gasteiger partial charge in [0.2, 0.25) is 0 Å². The van der Waals surface area contributed by atoms with Gasteiger partial charge in [0.25, 0.3) is 5.91 Å². The van der Waals surface area contributed by atoms with E-state index in [1.54, 1.807) is 0 Å². The van der Waals surface area contributed by atoms with E-state index in [0.29, 0.717) is 25.7 Å². The minimum atomic E-state index is -0.678. The summed E-state index contributed by atoms with van der Waals surface area (Å²) in [6, 6.07) is 2.96. The summed E-state index contributed by atoms with van der Waals surface area (Å²) in [7, 11) is 0. The average molecular weight is 265 g/mol. The molecule has 4 N–H and O–H groups in total. The maximum atomic E-state index is 11.9. The number of nitrogens with zero attached hydrogens (tertiary/aromatic N) is 1. The Morgan fingerprint density at radius 3 is 2.84 bits per heavy atom. The Kier molecular flexibility index (Phi) is 5.62. The van der Waals surface area contributed by atoms with Gasteiger partial charge < -0.3 is 21.0 Å². The van der Waals surface area contributed by atoms with E-state index in [9.17, 15) is 19.6 Å². The molecular formula is C12H15N3O4. The molecule has 1 amide bonds. The van der Waals surface area contributed by atoms with Gasteiger partial charge in [-0.25, -0.2) is 0 Å². The highest BCUT2D eigenvalue weighted by Gasteiger charge is 2.16. The molecule has 0 saturated heterocycles. The Bertz CT molecular complexity index is 476. The van der Waals surface area contributed by atoms with Crippen LogP contribution in [0.15, 0.2) is 23.4 Å². The molecular weight excluding hydrogens is 250 g/mol. The van der Waals surface area contributed by atoms with E-state index in [0.717, 1.165) is 6.07 Å². The van der Waals surface area contributed by atoms with Gasteiger partial charge in [-0.1, -0.05) is 0 Å². The van der Waals surface area contributed by atoms with Gasteiger partial charge in [-0.2, -0.15) is 0 Å². The lowest BCUT2D eigenvalue weighted by atomic mass is 10.1. The third-order valence-electron chi connectivity index (χ3n) is 2.53. The van der Waals surface area contributed by atoms with Gasteiger partial charge in [0.1, 0.15) is 17.7 Å². The number of benzene rings is 1. The van der Waals surface area contributed by atoms with Crippen molar-refractivity contribution in [2.75, 3.05) is 6.54 Å². The van der Waals surface area contributed by atoms with Crippen LogP contribution in [0.2, 0.25) is 0 Å². The van der Waals surface area contributed by atoms with Crippen molar-refractivity contribution in [1.29, 1.82) is 0 Å². The smallest absolute Gasteiger partial charge is 0.255 e. The van der Waals surface area contributed by atoms with Gasteiger partial charge >= 0.3 is 0 Å². The topological polar surface area (TPSA) is 122 Å². The second kappa shape index (κ2) is 7.22. The molecule has 1 aromatic rings. The first-order chi connectivity index (χ1) is 9.12. The normalized spacial score (nSPS) is 11.6. The number of hydrogen-bond acceptors (Lipinski definition) is 6. The fraction of sp³-hybridized carbons (Fsp3) is 0.333. The quantitative estimate of drug-likeness (QED) is 0.497. The van der Waals surface area contributed by atoms with Gasteiger partial charge in [0.05, 0.1) is 11.6 Å². The summed E-state index contributed by atoms with van der Waals surface area (Å²) in [4.78, 5) is 33.0. The molecule has 0 saturated carbocycles. The second-order valence-electron chi connectivity index (χ2n) is 3.94. The van der Waals surface area contributed by atoms with Crippen LogP contribution in [0, 0.1) is 4.91 Å². The Labute approximate surface area is 109 Å². The molecule has 7 nitrogen and oxygen atoms in total. The Morgan fingerprint density at radius 1 is 1.53 bits per heavy atom. The predicted molar refractivity (Wildman–Crippen MR) is 69.2 cm³/mol. The minimum absolute atomic E-state index is 0.0209. The monoisotopic (exact) mass is 265 g/mol. The lowest BCUT2D eigenvalue weighted by Crippen LogP contribution is -2.36. The van der Waals surface area contributed by atoms with Gasteiger partial charge in [-0.05, 0) is 42.8 Å². The zero-order chi connectivity index (χ0) is 14.3. The molecule has 0 radical (unpaired) electrons. The van der Waals surface area contributed by atoms with E-state index in [-0.39, 0.29) is 17.0 Å². The van der Waals surface area contributed by atoms with Crippen LogP contribution in [-0.4, -0.2) is 29.9 Å². The molecule has 0 aliphatic heterocycles. The van der Waals surface area contributed by atoms with E-state index < -0.39 is 11.9 Å². The van der Waals surface area contributed by atoms with Crippen LogP contribution >= 0.6 is 0 Å². The van der Waals surface area contributed by atoms with Crippen molar-refractivity contribution < 1.29 is 14.7 Å². The van der Waals surface area contributed by atoms with E-state index in [1.807, 2.05) is 0 Å². The average Bonchev–Trinajstić information content (AvgIpc) is 2.43. The maximum Gasteiger partial charge on any atom is 0.255 e. The number of nitrogens with two attached hydrogens (primary N) is 1. The van der Waals surface area contributed by atoms with Crippen molar-refractivity contribution in [2.45, 2.75) is 18.9 Å². The number of rotatable bonds is 7. The number of aromatic hydroxyl groups is 1. The second-order valence-corrected chi connectivity index (χ2v) is 3.94. The third kappa shape index (κ3) is 4.14. The molecule has 0 bridgehead atoms. The summed E-state index contributed by atoms with van der Waals surface area (Å²) >= 11 is 0. The highest BCUT2D eigenvalue weighted by atomic mass is 16.3. The zero-order valence-electron chi connectivity index (χ0n) is 10.2. The zero-order valence-corrected chi connectivity index (χ0v) is 10.2.